The molecule has 6 N–H and O–H groups in total. The summed E-state index contributed by atoms with van der Waals surface area (Å²) in [4.78, 5) is 99.0. The molecule has 0 radical (unpaired) electrons. The predicted molar refractivity (Wildman–Crippen MR) is 203 cm³/mol. The fourth-order valence-corrected chi connectivity index (χ4v) is 6.60. The van der Waals surface area contributed by atoms with Crippen molar-refractivity contribution in [1.29, 1.82) is 0 Å². The van der Waals surface area contributed by atoms with Crippen LogP contribution in [0.4, 0.5) is 0 Å². The molecule has 2 rings (SSSR count). The highest BCUT2D eigenvalue weighted by molar-refractivity contribution is 5.97. The number of hydrogen-bond acceptors (Lipinski definition) is 9. The third kappa shape index (κ3) is 12.2. The van der Waals surface area contributed by atoms with E-state index in [4.69, 9.17) is 5.73 Å². The molecular weight excluding hydrogens is 696 g/mol. The number of carbonyl (C=O) groups is 7. The lowest BCUT2D eigenvalue weighted by Crippen LogP contribution is -2.62. The van der Waals surface area contributed by atoms with Gasteiger partial charge < -0.3 is 46.4 Å². The molecular formula is C38H62N8O8. The molecule has 0 spiro atoms. The number of aliphatic carboxylic acids is 1. The van der Waals surface area contributed by atoms with E-state index in [0.29, 0.717) is 19.5 Å². The van der Waals surface area contributed by atoms with Gasteiger partial charge in [-0.1, -0.05) is 64.4 Å². The van der Waals surface area contributed by atoms with E-state index in [2.05, 4.69) is 16.0 Å². The first kappa shape index (κ1) is 45.6. The lowest BCUT2D eigenvalue weighted by atomic mass is 9.97. The first-order chi connectivity index (χ1) is 25.4. The Bertz CT molecular complexity index is 1450. The van der Waals surface area contributed by atoms with Crippen LogP contribution in [0.25, 0.3) is 0 Å². The number of benzene rings is 1. The number of likely N-dealkylation sites (tertiary alicyclic amines) is 1. The average Bonchev–Trinajstić information content (AvgIpc) is 3.15. The molecule has 16 heteroatoms. The lowest BCUT2D eigenvalue weighted by molar-refractivity contribution is -0.151. The summed E-state index contributed by atoms with van der Waals surface area (Å²) in [6, 6.07) is 3.60. The van der Waals surface area contributed by atoms with Gasteiger partial charge in [0.15, 0.2) is 6.17 Å². The average molecular weight is 759 g/mol. The van der Waals surface area contributed by atoms with Crippen molar-refractivity contribution in [2.24, 2.45) is 17.6 Å². The molecule has 0 bridgehead atoms. The lowest BCUT2D eigenvalue weighted by Gasteiger charge is -2.37. The summed E-state index contributed by atoms with van der Waals surface area (Å²) in [6.45, 7) is 9.53. The number of carbonyl (C=O) groups excluding carboxylic acids is 6. The molecule has 0 aromatic heterocycles. The van der Waals surface area contributed by atoms with Gasteiger partial charge in [0, 0.05) is 40.7 Å². The monoisotopic (exact) mass is 758 g/mol. The maximum atomic E-state index is 14.5. The van der Waals surface area contributed by atoms with Crippen molar-refractivity contribution in [3.8, 4) is 0 Å². The first-order valence-electron chi connectivity index (χ1n) is 18.8. The van der Waals surface area contributed by atoms with Gasteiger partial charge in [-0.15, -0.1) is 0 Å². The maximum absolute atomic E-state index is 14.5. The molecule has 1 aromatic carbocycles. The molecule has 1 aliphatic rings. The second-order valence-corrected chi connectivity index (χ2v) is 14.6. The largest absolute Gasteiger partial charge is 0.480 e. The third-order valence-corrected chi connectivity index (χ3v) is 10.4. The van der Waals surface area contributed by atoms with E-state index in [1.165, 1.54) is 37.9 Å². The number of nitrogens with zero attached hydrogens (tertiary/aromatic N) is 4. The summed E-state index contributed by atoms with van der Waals surface area (Å²) >= 11 is 0. The van der Waals surface area contributed by atoms with E-state index < -0.39 is 90.1 Å². The van der Waals surface area contributed by atoms with Crippen LogP contribution in [-0.2, 0) is 40.0 Å². The standard InChI is InChI=1S/C38H62N8O8/c1-10-24(4)30(40-6)33(48)42-32(39)37(52)44(8)28(21-26-17-13-11-14-18-26)36(51)45(9)31(23(2)3)34(49)41-27(35(50)46-19-15-12-16-20-46)22-29(47)43(7)25(5)38(53)54/h11,13-14,17-18,23-25,27-28,30-32,40H,10,12,15-16,19-22,39H2,1-9H3,(H,41,49)(H,42,48)(H,53,54)/t24?,25?,27?,28?,30-,31-,32+/m0/s1. The molecule has 0 saturated carbocycles. The predicted octanol–water partition coefficient (Wildman–Crippen LogP) is 0.393. The minimum absolute atomic E-state index is 0.0442. The van der Waals surface area contributed by atoms with Gasteiger partial charge in [0.1, 0.15) is 24.2 Å². The van der Waals surface area contributed by atoms with E-state index in [1.807, 2.05) is 19.9 Å². The molecule has 54 heavy (non-hydrogen) atoms. The number of hydrogen-bond donors (Lipinski definition) is 5. The number of carboxylic acids is 1. The maximum Gasteiger partial charge on any atom is 0.326 e. The fraction of sp³-hybridized carbons (Fsp3) is 0.658. The van der Waals surface area contributed by atoms with E-state index in [-0.39, 0.29) is 12.3 Å². The highest BCUT2D eigenvalue weighted by Crippen LogP contribution is 2.19. The Morgan fingerprint density at radius 1 is 0.833 bits per heavy atom. The number of piperidine rings is 1. The smallest absolute Gasteiger partial charge is 0.326 e. The Labute approximate surface area is 319 Å². The molecule has 7 atom stereocenters. The van der Waals surface area contributed by atoms with Gasteiger partial charge >= 0.3 is 5.97 Å². The molecule has 16 nitrogen and oxygen atoms in total. The summed E-state index contributed by atoms with van der Waals surface area (Å²) in [5.74, 6) is -5.36. The molecule has 1 aromatic rings. The summed E-state index contributed by atoms with van der Waals surface area (Å²) < 4.78 is 0. The Kier molecular flexibility index (Phi) is 18.0. The Hall–Kier alpha value is -4.57. The van der Waals surface area contributed by atoms with Gasteiger partial charge in [-0.2, -0.15) is 0 Å². The van der Waals surface area contributed by atoms with Gasteiger partial charge in [-0.25, -0.2) is 4.79 Å². The number of nitrogens with two attached hydrogens (primary N) is 1. The van der Waals surface area contributed by atoms with Crippen LogP contribution < -0.4 is 21.7 Å². The van der Waals surface area contributed by atoms with Gasteiger partial charge in [0.05, 0.1) is 12.5 Å². The Morgan fingerprint density at radius 2 is 1.43 bits per heavy atom. The summed E-state index contributed by atoms with van der Waals surface area (Å²) in [7, 11) is 5.81. The molecule has 302 valence electrons. The van der Waals surface area contributed by atoms with E-state index in [0.717, 1.165) is 29.7 Å². The first-order valence-corrected chi connectivity index (χ1v) is 18.8. The number of amides is 6. The van der Waals surface area contributed by atoms with Crippen molar-refractivity contribution in [3.05, 3.63) is 35.9 Å². The number of nitrogens with one attached hydrogen (secondary N) is 3. The molecule has 1 aliphatic heterocycles. The zero-order chi connectivity index (χ0) is 40.9. The minimum Gasteiger partial charge on any atom is -0.480 e. The zero-order valence-corrected chi connectivity index (χ0v) is 33.3. The molecule has 1 fully saturated rings. The van der Waals surface area contributed by atoms with Crippen LogP contribution in [0, 0.1) is 11.8 Å². The van der Waals surface area contributed by atoms with Gasteiger partial charge in [0.25, 0.3) is 5.91 Å². The van der Waals surface area contributed by atoms with E-state index in [1.54, 1.807) is 50.1 Å². The van der Waals surface area contributed by atoms with Gasteiger partial charge in [-0.3, -0.25) is 28.8 Å². The van der Waals surface area contributed by atoms with Crippen molar-refractivity contribution in [3.63, 3.8) is 0 Å². The molecule has 0 aliphatic carbocycles. The van der Waals surface area contributed by atoms with Crippen molar-refractivity contribution >= 4 is 41.4 Å². The third-order valence-electron chi connectivity index (χ3n) is 10.4. The quantitative estimate of drug-likeness (QED) is 0.122. The van der Waals surface area contributed by atoms with Crippen LogP contribution in [-0.4, -0.2) is 144 Å². The fourth-order valence-electron chi connectivity index (χ4n) is 6.60. The van der Waals surface area contributed by atoms with Crippen LogP contribution in [0.1, 0.15) is 72.3 Å². The van der Waals surface area contributed by atoms with Crippen molar-refractivity contribution < 1.29 is 38.7 Å². The SMILES string of the molecule is CCC(C)[C@H](NC)C(=O)N[C@@H](N)C(=O)N(C)C(Cc1ccccc1)C(=O)N(C)[C@H](C(=O)NC(CC(=O)N(C)C(C)C(=O)O)C(=O)N1CCCCC1)C(C)C. The molecule has 1 heterocycles. The summed E-state index contributed by atoms with van der Waals surface area (Å²) in [6.07, 6.45) is 1.27. The minimum atomic E-state index is -1.47. The van der Waals surface area contributed by atoms with Gasteiger partial charge in [-0.05, 0) is 50.6 Å². The topological polar surface area (TPSA) is 215 Å². The van der Waals surface area contributed by atoms with E-state index in [9.17, 15) is 38.7 Å². The number of likely N-dealkylation sites (N-methyl/N-ethyl adjacent to an activating group) is 4. The second-order valence-electron chi connectivity index (χ2n) is 14.6. The number of rotatable bonds is 19. The Morgan fingerprint density at radius 3 is 1.94 bits per heavy atom. The van der Waals surface area contributed by atoms with Crippen LogP contribution in [0.3, 0.4) is 0 Å². The molecule has 1 saturated heterocycles. The zero-order valence-electron chi connectivity index (χ0n) is 33.3. The van der Waals surface area contributed by atoms with Crippen LogP contribution in [0.15, 0.2) is 30.3 Å². The highest BCUT2D eigenvalue weighted by Gasteiger charge is 2.40. The summed E-state index contributed by atoms with van der Waals surface area (Å²) in [5.41, 5.74) is 6.94. The normalized spacial score (nSPS) is 16.8. The van der Waals surface area contributed by atoms with Crippen molar-refractivity contribution in [2.45, 2.75) is 110 Å². The van der Waals surface area contributed by atoms with Crippen LogP contribution >= 0.6 is 0 Å². The van der Waals surface area contributed by atoms with Gasteiger partial charge in [0.2, 0.25) is 29.5 Å². The Balaban J connectivity index is 2.43. The van der Waals surface area contributed by atoms with Crippen LogP contribution in [0.5, 0.6) is 0 Å². The number of carboxylic acid groups (broad SMARTS) is 1. The molecule has 4 unspecified atom stereocenters. The summed E-state index contributed by atoms with van der Waals surface area (Å²) in [5, 5.41) is 17.7. The highest BCUT2D eigenvalue weighted by atomic mass is 16.4. The molecule has 6 amide bonds. The van der Waals surface area contributed by atoms with Crippen molar-refractivity contribution in [1.82, 2.24) is 35.6 Å². The van der Waals surface area contributed by atoms with Crippen molar-refractivity contribution in [2.75, 3.05) is 41.3 Å². The second kappa shape index (κ2) is 21.4. The van der Waals surface area contributed by atoms with Crippen LogP contribution in [0.2, 0.25) is 0 Å². The van der Waals surface area contributed by atoms with E-state index >= 15 is 0 Å².